The van der Waals surface area contributed by atoms with Crippen LogP contribution in [0.15, 0.2) is 18.6 Å². The second-order valence-electron chi connectivity index (χ2n) is 6.68. The zero-order valence-electron chi connectivity index (χ0n) is 10.5. The summed E-state index contributed by atoms with van der Waals surface area (Å²) >= 11 is 0. The van der Waals surface area contributed by atoms with Crippen molar-refractivity contribution in [1.82, 2.24) is 9.97 Å². The van der Waals surface area contributed by atoms with Gasteiger partial charge in [0.05, 0.1) is 11.8 Å². The average molecular weight is 245 g/mol. The summed E-state index contributed by atoms with van der Waals surface area (Å²) in [4.78, 5) is 8.43. The Morgan fingerprint density at radius 2 is 1.94 bits per heavy atom. The molecule has 4 heteroatoms. The van der Waals surface area contributed by atoms with E-state index in [0.29, 0.717) is 11.8 Å². The first-order valence-electron chi connectivity index (χ1n) is 6.91. The van der Waals surface area contributed by atoms with Crippen molar-refractivity contribution >= 4 is 5.82 Å². The summed E-state index contributed by atoms with van der Waals surface area (Å²) in [6.45, 7) is 0. The van der Waals surface area contributed by atoms with Gasteiger partial charge in [0.15, 0.2) is 0 Å². The van der Waals surface area contributed by atoms with E-state index < -0.39 is 5.60 Å². The van der Waals surface area contributed by atoms with Crippen molar-refractivity contribution in [3.05, 3.63) is 18.6 Å². The molecule has 1 aromatic heterocycles. The van der Waals surface area contributed by atoms with Gasteiger partial charge < -0.3 is 10.4 Å². The Labute approximate surface area is 107 Å². The Hall–Kier alpha value is -1.16. The highest BCUT2D eigenvalue weighted by Gasteiger charge is 2.57. The minimum Gasteiger partial charge on any atom is -0.390 e. The number of anilines is 1. The lowest BCUT2D eigenvalue weighted by atomic mass is 9.51. The molecular formula is C14H19N3O. The standard InChI is InChI=1S/C14H19N3O/c18-14-6-10-3-11(7-14)5-13(4-10,9-14)17-12-8-15-1-2-16-12/h1-2,8,10-11,18H,3-7,9H2,(H,16,17). The van der Waals surface area contributed by atoms with E-state index >= 15 is 0 Å². The van der Waals surface area contributed by atoms with Crippen LogP contribution in [0.5, 0.6) is 0 Å². The first kappa shape index (κ1) is 10.7. The van der Waals surface area contributed by atoms with Gasteiger partial charge in [-0.3, -0.25) is 4.98 Å². The molecule has 0 spiro atoms. The number of rotatable bonds is 2. The monoisotopic (exact) mass is 245 g/mol. The van der Waals surface area contributed by atoms with Crippen LogP contribution in [0, 0.1) is 11.8 Å². The van der Waals surface area contributed by atoms with E-state index in [1.165, 1.54) is 19.3 Å². The van der Waals surface area contributed by atoms with Crippen molar-refractivity contribution in [2.45, 2.75) is 49.7 Å². The Morgan fingerprint density at radius 3 is 2.56 bits per heavy atom. The predicted octanol–water partition coefficient (Wildman–Crippen LogP) is 1.97. The van der Waals surface area contributed by atoms with Crippen LogP contribution in [-0.2, 0) is 0 Å². The lowest BCUT2D eigenvalue weighted by Gasteiger charge is -2.60. The van der Waals surface area contributed by atoms with Gasteiger partial charge in [0.2, 0.25) is 0 Å². The minimum absolute atomic E-state index is 0.0644. The average Bonchev–Trinajstić information content (AvgIpc) is 2.25. The van der Waals surface area contributed by atoms with Gasteiger partial charge in [-0.05, 0) is 50.4 Å². The molecule has 0 amide bonds. The molecule has 4 aliphatic carbocycles. The minimum atomic E-state index is -0.417. The van der Waals surface area contributed by atoms with Crippen LogP contribution in [0.1, 0.15) is 38.5 Å². The van der Waals surface area contributed by atoms with Gasteiger partial charge in [0, 0.05) is 17.9 Å². The topological polar surface area (TPSA) is 58.0 Å². The fraction of sp³-hybridized carbons (Fsp3) is 0.714. The van der Waals surface area contributed by atoms with E-state index in [4.69, 9.17) is 0 Å². The lowest BCUT2D eigenvalue weighted by Crippen LogP contribution is -2.62. The van der Waals surface area contributed by atoms with Gasteiger partial charge in [-0.1, -0.05) is 0 Å². The maximum atomic E-state index is 10.7. The maximum Gasteiger partial charge on any atom is 0.144 e. The highest BCUT2D eigenvalue weighted by Crippen LogP contribution is 2.58. The SMILES string of the molecule is OC12CC3CC(C1)CC(Nc1cnccn1)(C3)C2. The van der Waals surface area contributed by atoms with Crippen LogP contribution in [-0.4, -0.2) is 26.2 Å². The van der Waals surface area contributed by atoms with Crippen molar-refractivity contribution in [3.8, 4) is 0 Å². The molecule has 1 heterocycles. The molecule has 1 aromatic rings. The van der Waals surface area contributed by atoms with Crippen LogP contribution in [0.3, 0.4) is 0 Å². The number of hydrogen-bond acceptors (Lipinski definition) is 4. The van der Waals surface area contributed by atoms with E-state index in [-0.39, 0.29) is 5.54 Å². The number of nitrogens with zero attached hydrogens (tertiary/aromatic N) is 2. The zero-order chi connectivity index (χ0) is 12.2. The molecular weight excluding hydrogens is 226 g/mol. The largest absolute Gasteiger partial charge is 0.390 e. The fourth-order valence-corrected chi connectivity index (χ4v) is 5.00. The fourth-order valence-electron chi connectivity index (χ4n) is 5.00. The third-order valence-corrected chi connectivity index (χ3v) is 4.99. The number of aromatic nitrogens is 2. The second kappa shape index (κ2) is 3.44. The number of hydrogen-bond donors (Lipinski definition) is 2. The van der Waals surface area contributed by atoms with Crippen LogP contribution < -0.4 is 5.32 Å². The molecule has 4 saturated carbocycles. The third kappa shape index (κ3) is 1.62. The highest BCUT2D eigenvalue weighted by atomic mass is 16.3. The Kier molecular flexibility index (Phi) is 2.05. The molecule has 2 N–H and O–H groups in total. The summed E-state index contributed by atoms with van der Waals surface area (Å²) in [6.07, 6.45) is 11.8. The first-order chi connectivity index (χ1) is 8.65. The van der Waals surface area contributed by atoms with Crippen molar-refractivity contribution in [1.29, 1.82) is 0 Å². The molecule has 0 radical (unpaired) electrons. The Balaban J connectivity index is 1.64. The van der Waals surface area contributed by atoms with E-state index in [1.54, 1.807) is 18.6 Å². The van der Waals surface area contributed by atoms with Crippen molar-refractivity contribution in [2.24, 2.45) is 11.8 Å². The summed E-state index contributed by atoms with van der Waals surface area (Å²) in [7, 11) is 0. The Bertz CT molecular complexity index is 447. The molecule has 2 atom stereocenters. The summed E-state index contributed by atoms with van der Waals surface area (Å²) in [5.74, 6) is 2.24. The number of nitrogens with one attached hydrogen (secondary N) is 1. The highest BCUT2D eigenvalue weighted by molar-refractivity contribution is 5.37. The molecule has 4 aliphatic rings. The lowest BCUT2D eigenvalue weighted by molar-refractivity contribution is -0.127. The third-order valence-electron chi connectivity index (χ3n) is 4.99. The molecule has 4 nitrogen and oxygen atoms in total. The van der Waals surface area contributed by atoms with Crippen molar-refractivity contribution < 1.29 is 5.11 Å². The second-order valence-corrected chi connectivity index (χ2v) is 6.68. The Morgan fingerprint density at radius 1 is 1.17 bits per heavy atom. The van der Waals surface area contributed by atoms with Crippen LogP contribution in [0.25, 0.3) is 0 Å². The molecule has 5 rings (SSSR count). The zero-order valence-corrected chi connectivity index (χ0v) is 10.5. The van der Waals surface area contributed by atoms with E-state index in [2.05, 4.69) is 15.3 Å². The van der Waals surface area contributed by atoms with Crippen molar-refractivity contribution in [2.75, 3.05) is 5.32 Å². The van der Waals surface area contributed by atoms with Crippen molar-refractivity contribution in [3.63, 3.8) is 0 Å². The van der Waals surface area contributed by atoms with E-state index in [9.17, 15) is 5.11 Å². The van der Waals surface area contributed by atoms with Gasteiger partial charge in [0.25, 0.3) is 0 Å². The molecule has 4 bridgehead atoms. The summed E-state index contributed by atoms with van der Waals surface area (Å²) < 4.78 is 0. The van der Waals surface area contributed by atoms with Crippen LogP contribution in [0.4, 0.5) is 5.82 Å². The van der Waals surface area contributed by atoms with Gasteiger partial charge >= 0.3 is 0 Å². The normalized spacial score (nSPS) is 45.2. The van der Waals surface area contributed by atoms with Gasteiger partial charge in [-0.25, -0.2) is 4.98 Å². The molecule has 4 fully saturated rings. The first-order valence-corrected chi connectivity index (χ1v) is 6.91. The molecule has 96 valence electrons. The molecule has 2 unspecified atom stereocenters. The maximum absolute atomic E-state index is 10.7. The van der Waals surface area contributed by atoms with Gasteiger partial charge in [-0.15, -0.1) is 0 Å². The van der Waals surface area contributed by atoms with Crippen LogP contribution in [0.2, 0.25) is 0 Å². The summed E-state index contributed by atoms with van der Waals surface area (Å²) in [6, 6.07) is 0. The van der Waals surface area contributed by atoms with E-state index in [0.717, 1.165) is 25.1 Å². The smallest absolute Gasteiger partial charge is 0.144 e. The van der Waals surface area contributed by atoms with Gasteiger partial charge in [0.1, 0.15) is 5.82 Å². The quantitative estimate of drug-likeness (QED) is 0.836. The van der Waals surface area contributed by atoms with Gasteiger partial charge in [-0.2, -0.15) is 0 Å². The summed E-state index contributed by atoms with van der Waals surface area (Å²) in [5.41, 5.74) is -0.353. The molecule has 18 heavy (non-hydrogen) atoms. The molecule has 0 saturated heterocycles. The molecule has 0 aliphatic heterocycles. The number of aliphatic hydroxyl groups is 1. The van der Waals surface area contributed by atoms with Crippen LogP contribution >= 0.6 is 0 Å². The van der Waals surface area contributed by atoms with E-state index in [1.807, 2.05) is 0 Å². The predicted molar refractivity (Wildman–Crippen MR) is 68.0 cm³/mol. The molecule has 0 aromatic carbocycles. The summed E-state index contributed by atoms with van der Waals surface area (Å²) in [5, 5.41) is 14.2.